The number of carbonyl (C=O) groups is 1. The standard InChI is InChI=1S/C10H13NO2/c1-8(12)11(2)9-5-4-6-10(7-9)13-3/h4-7H,1-3H3. The van der Waals surface area contributed by atoms with Crippen molar-refractivity contribution in [3.05, 3.63) is 24.3 Å². The van der Waals surface area contributed by atoms with Crippen LogP contribution in [-0.2, 0) is 4.79 Å². The Labute approximate surface area is 77.9 Å². The van der Waals surface area contributed by atoms with Crippen molar-refractivity contribution in [1.82, 2.24) is 0 Å². The molecule has 0 aliphatic heterocycles. The fourth-order valence-electron chi connectivity index (χ4n) is 1.00. The van der Waals surface area contributed by atoms with Crippen molar-refractivity contribution < 1.29 is 9.53 Å². The first-order chi connectivity index (χ1) is 6.15. The molecule has 0 aliphatic rings. The van der Waals surface area contributed by atoms with Crippen LogP contribution in [0.1, 0.15) is 6.92 Å². The highest BCUT2D eigenvalue weighted by molar-refractivity contribution is 5.90. The molecule has 70 valence electrons. The monoisotopic (exact) mass is 179 g/mol. The average Bonchev–Trinajstić information content (AvgIpc) is 2.16. The zero-order valence-corrected chi connectivity index (χ0v) is 8.07. The van der Waals surface area contributed by atoms with Crippen molar-refractivity contribution >= 4 is 11.6 Å². The molecular formula is C10H13NO2. The maximum atomic E-state index is 11.0. The van der Waals surface area contributed by atoms with E-state index in [2.05, 4.69) is 0 Å². The summed E-state index contributed by atoms with van der Waals surface area (Å²) >= 11 is 0. The number of carbonyl (C=O) groups excluding carboxylic acids is 1. The summed E-state index contributed by atoms with van der Waals surface area (Å²) in [5, 5.41) is 0. The van der Waals surface area contributed by atoms with Gasteiger partial charge in [0.25, 0.3) is 0 Å². The second kappa shape index (κ2) is 3.94. The van der Waals surface area contributed by atoms with E-state index >= 15 is 0 Å². The van der Waals surface area contributed by atoms with E-state index in [0.717, 1.165) is 11.4 Å². The Morgan fingerprint density at radius 2 is 2.15 bits per heavy atom. The van der Waals surface area contributed by atoms with Crippen LogP contribution in [0.2, 0.25) is 0 Å². The molecule has 0 unspecified atom stereocenters. The SMILES string of the molecule is COc1cccc(N(C)C(C)=O)c1. The number of hydrogen-bond acceptors (Lipinski definition) is 2. The average molecular weight is 179 g/mol. The summed E-state index contributed by atoms with van der Waals surface area (Å²) in [6.45, 7) is 1.53. The molecule has 0 radical (unpaired) electrons. The van der Waals surface area contributed by atoms with Gasteiger partial charge in [0.2, 0.25) is 5.91 Å². The molecule has 0 saturated carbocycles. The molecule has 13 heavy (non-hydrogen) atoms. The van der Waals surface area contributed by atoms with Crippen LogP contribution < -0.4 is 9.64 Å². The summed E-state index contributed by atoms with van der Waals surface area (Å²) < 4.78 is 5.05. The van der Waals surface area contributed by atoms with Gasteiger partial charge in [-0.25, -0.2) is 0 Å². The molecule has 1 aromatic carbocycles. The van der Waals surface area contributed by atoms with Gasteiger partial charge < -0.3 is 9.64 Å². The number of hydrogen-bond donors (Lipinski definition) is 0. The maximum Gasteiger partial charge on any atom is 0.223 e. The van der Waals surface area contributed by atoms with E-state index in [0.29, 0.717) is 0 Å². The lowest BCUT2D eigenvalue weighted by Gasteiger charge is -2.15. The van der Waals surface area contributed by atoms with Gasteiger partial charge in [0, 0.05) is 25.7 Å². The molecular weight excluding hydrogens is 166 g/mol. The molecule has 0 N–H and O–H groups in total. The predicted molar refractivity (Wildman–Crippen MR) is 52.1 cm³/mol. The summed E-state index contributed by atoms with van der Waals surface area (Å²) in [5.41, 5.74) is 0.840. The second-order valence-electron chi connectivity index (χ2n) is 2.78. The number of amides is 1. The Bertz CT molecular complexity index is 310. The van der Waals surface area contributed by atoms with Crippen molar-refractivity contribution in [3.8, 4) is 5.75 Å². The van der Waals surface area contributed by atoms with Gasteiger partial charge in [-0.15, -0.1) is 0 Å². The summed E-state index contributed by atoms with van der Waals surface area (Å²) in [5.74, 6) is 0.763. The number of benzene rings is 1. The molecule has 1 amide bonds. The zero-order chi connectivity index (χ0) is 9.84. The fraction of sp³-hybridized carbons (Fsp3) is 0.300. The smallest absolute Gasteiger partial charge is 0.223 e. The van der Waals surface area contributed by atoms with Crippen LogP contribution in [0.15, 0.2) is 24.3 Å². The van der Waals surface area contributed by atoms with Gasteiger partial charge >= 0.3 is 0 Å². The summed E-state index contributed by atoms with van der Waals surface area (Å²) in [6, 6.07) is 7.39. The molecule has 0 saturated heterocycles. The fourth-order valence-corrected chi connectivity index (χ4v) is 1.00. The lowest BCUT2D eigenvalue weighted by molar-refractivity contribution is -0.116. The highest BCUT2D eigenvalue weighted by Crippen LogP contribution is 2.19. The predicted octanol–water partition coefficient (Wildman–Crippen LogP) is 1.68. The summed E-state index contributed by atoms with van der Waals surface area (Å²) in [7, 11) is 3.34. The molecule has 0 fully saturated rings. The molecule has 1 rings (SSSR count). The van der Waals surface area contributed by atoms with Gasteiger partial charge in [-0.1, -0.05) is 6.07 Å². The minimum Gasteiger partial charge on any atom is -0.497 e. The van der Waals surface area contributed by atoms with Crippen LogP contribution in [0.3, 0.4) is 0 Å². The topological polar surface area (TPSA) is 29.5 Å². The van der Waals surface area contributed by atoms with Crippen LogP contribution in [0.4, 0.5) is 5.69 Å². The molecule has 3 nitrogen and oxygen atoms in total. The third-order valence-electron chi connectivity index (χ3n) is 1.91. The molecule has 0 spiro atoms. The van der Waals surface area contributed by atoms with Gasteiger partial charge in [0.15, 0.2) is 0 Å². The summed E-state index contributed by atoms with van der Waals surface area (Å²) in [6.07, 6.45) is 0. The van der Waals surface area contributed by atoms with E-state index in [4.69, 9.17) is 4.74 Å². The third kappa shape index (κ3) is 2.21. The molecule has 1 aromatic rings. The van der Waals surface area contributed by atoms with Crippen LogP contribution in [0, 0.1) is 0 Å². The lowest BCUT2D eigenvalue weighted by Crippen LogP contribution is -2.22. The molecule has 0 atom stereocenters. The minimum absolute atomic E-state index is 0.00764. The summed E-state index contributed by atoms with van der Waals surface area (Å²) in [4.78, 5) is 12.6. The van der Waals surface area contributed by atoms with Gasteiger partial charge in [-0.2, -0.15) is 0 Å². The number of ether oxygens (including phenoxy) is 1. The number of methoxy groups -OCH3 is 1. The normalized spacial score (nSPS) is 9.46. The van der Waals surface area contributed by atoms with Crippen molar-refractivity contribution in [2.75, 3.05) is 19.1 Å². The van der Waals surface area contributed by atoms with Crippen LogP contribution in [-0.4, -0.2) is 20.1 Å². The first-order valence-corrected chi connectivity index (χ1v) is 4.03. The molecule has 0 aromatic heterocycles. The first kappa shape index (κ1) is 9.58. The van der Waals surface area contributed by atoms with Crippen molar-refractivity contribution in [3.63, 3.8) is 0 Å². The quantitative estimate of drug-likeness (QED) is 0.691. The van der Waals surface area contributed by atoms with E-state index in [1.54, 1.807) is 19.1 Å². The Morgan fingerprint density at radius 1 is 1.46 bits per heavy atom. The first-order valence-electron chi connectivity index (χ1n) is 4.03. The van der Waals surface area contributed by atoms with E-state index in [1.165, 1.54) is 6.92 Å². The van der Waals surface area contributed by atoms with E-state index < -0.39 is 0 Å². The van der Waals surface area contributed by atoms with Gasteiger partial charge in [-0.3, -0.25) is 4.79 Å². The van der Waals surface area contributed by atoms with Gasteiger partial charge in [0.05, 0.1) is 7.11 Å². The Morgan fingerprint density at radius 3 is 2.69 bits per heavy atom. The van der Waals surface area contributed by atoms with Crippen LogP contribution >= 0.6 is 0 Å². The molecule has 0 heterocycles. The maximum absolute atomic E-state index is 11.0. The van der Waals surface area contributed by atoms with Gasteiger partial charge in [-0.05, 0) is 12.1 Å². The molecule has 0 aliphatic carbocycles. The van der Waals surface area contributed by atoms with Crippen molar-refractivity contribution in [2.24, 2.45) is 0 Å². The largest absolute Gasteiger partial charge is 0.497 e. The van der Waals surface area contributed by atoms with Crippen molar-refractivity contribution in [1.29, 1.82) is 0 Å². The Kier molecular flexibility index (Phi) is 2.90. The Hall–Kier alpha value is -1.51. The number of anilines is 1. The highest BCUT2D eigenvalue weighted by atomic mass is 16.5. The number of nitrogens with zero attached hydrogens (tertiary/aromatic N) is 1. The highest BCUT2D eigenvalue weighted by Gasteiger charge is 2.05. The van der Waals surface area contributed by atoms with E-state index in [1.807, 2.05) is 24.3 Å². The molecule has 3 heteroatoms. The molecule has 0 bridgehead atoms. The zero-order valence-electron chi connectivity index (χ0n) is 8.07. The van der Waals surface area contributed by atoms with Crippen LogP contribution in [0.25, 0.3) is 0 Å². The van der Waals surface area contributed by atoms with Crippen molar-refractivity contribution in [2.45, 2.75) is 6.92 Å². The Balaban J connectivity index is 2.94. The number of rotatable bonds is 2. The third-order valence-corrected chi connectivity index (χ3v) is 1.91. The van der Waals surface area contributed by atoms with E-state index in [9.17, 15) is 4.79 Å². The lowest BCUT2D eigenvalue weighted by atomic mass is 10.3. The van der Waals surface area contributed by atoms with Crippen LogP contribution in [0.5, 0.6) is 5.75 Å². The van der Waals surface area contributed by atoms with Gasteiger partial charge in [0.1, 0.15) is 5.75 Å². The van der Waals surface area contributed by atoms with E-state index in [-0.39, 0.29) is 5.91 Å². The second-order valence-corrected chi connectivity index (χ2v) is 2.78. The minimum atomic E-state index is 0.00764.